The molecule has 1 aliphatic rings. The molecule has 0 aliphatic carbocycles. The predicted molar refractivity (Wildman–Crippen MR) is 77.2 cm³/mol. The summed E-state index contributed by atoms with van der Waals surface area (Å²) < 4.78 is 26.8. The molecule has 7 heteroatoms. The molecule has 2 rings (SSSR count). The molecule has 0 spiro atoms. The van der Waals surface area contributed by atoms with Crippen LogP contribution in [0.5, 0.6) is 0 Å². The maximum atomic E-state index is 12.4. The standard InChI is InChI=1S/C11H18N2O2S2.ClH/c1-3-10-4-5-11(16-10)17(14,15)13-7-6-12-9(2)8-13;/h4-5,9,12H,3,6-8H2,1-2H3;1H/t9-;/m0./s1. The van der Waals surface area contributed by atoms with Gasteiger partial charge in [0.25, 0.3) is 10.0 Å². The lowest BCUT2D eigenvalue weighted by Crippen LogP contribution is -2.51. The van der Waals surface area contributed by atoms with Gasteiger partial charge < -0.3 is 5.32 Å². The summed E-state index contributed by atoms with van der Waals surface area (Å²) in [6.45, 7) is 5.89. The van der Waals surface area contributed by atoms with E-state index in [0.29, 0.717) is 17.3 Å². The monoisotopic (exact) mass is 310 g/mol. The van der Waals surface area contributed by atoms with Gasteiger partial charge in [-0.05, 0) is 25.5 Å². The highest BCUT2D eigenvalue weighted by Crippen LogP contribution is 2.25. The lowest BCUT2D eigenvalue weighted by molar-refractivity contribution is 0.311. The fourth-order valence-electron chi connectivity index (χ4n) is 1.93. The molecule has 1 atom stereocenters. The van der Waals surface area contributed by atoms with E-state index in [1.54, 1.807) is 10.4 Å². The van der Waals surface area contributed by atoms with Crippen LogP contribution in [0.25, 0.3) is 0 Å². The van der Waals surface area contributed by atoms with Crippen LogP contribution in [0.2, 0.25) is 0 Å². The Balaban J connectivity index is 0.00000162. The van der Waals surface area contributed by atoms with E-state index in [2.05, 4.69) is 5.32 Å². The van der Waals surface area contributed by atoms with Gasteiger partial charge in [-0.15, -0.1) is 23.7 Å². The summed E-state index contributed by atoms with van der Waals surface area (Å²) in [7, 11) is -3.27. The quantitative estimate of drug-likeness (QED) is 0.925. The molecular weight excluding hydrogens is 292 g/mol. The smallest absolute Gasteiger partial charge is 0.252 e. The maximum absolute atomic E-state index is 12.4. The largest absolute Gasteiger partial charge is 0.312 e. The van der Waals surface area contributed by atoms with E-state index in [9.17, 15) is 8.42 Å². The lowest BCUT2D eigenvalue weighted by atomic mass is 10.3. The normalized spacial score (nSPS) is 21.6. The van der Waals surface area contributed by atoms with Crippen molar-refractivity contribution >= 4 is 33.8 Å². The van der Waals surface area contributed by atoms with Crippen molar-refractivity contribution in [3.05, 3.63) is 17.0 Å². The molecule has 4 nitrogen and oxygen atoms in total. The van der Waals surface area contributed by atoms with Crippen LogP contribution in [0.15, 0.2) is 16.3 Å². The van der Waals surface area contributed by atoms with Gasteiger partial charge in [-0.3, -0.25) is 0 Å². The van der Waals surface area contributed by atoms with E-state index < -0.39 is 10.0 Å². The van der Waals surface area contributed by atoms with Gasteiger partial charge in [-0.1, -0.05) is 6.92 Å². The molecule has 104 valence electrons. The van der Waals surface area contributed by atoms with Gasteiger partial charge in [0.1, 0.15) is 4.21 Å². The first-order valence-electron chi connectivity index (χ1n) is 5.86. The summed E-state index contributed by atoms with van der Waals surface area (Å²) in [6, 6.07) is 3.86. The number of thiophene rings is 1. The Morgan fingerprint density at radius 3 is 2.78 bits per heavy atom. The predicted octanol–water partition coefficient (Wildman–Crippen LogP) is 1.71. The second kappa shape index (κ2) is 6.34. The van der Waals surface area contributed by atoms with Gasteiger partial charge in [0.2, 0.25) is 0 Å². The zero-order valence-corrected chi connectivity index (χ0v) is 13.0. The number of rotatable bonds is 3. The average molecular weight is 311 g/mol. The van der Waals surface area contributed by atoms with E-state index in [4.69, 9.17) is 0 Å². The first-order valence-corrected chi connectivity index (χ1v) is 8.12. The summed E-state index contributed by atoms with van der Waals surface area (Å²) in [4.78, 5) is 1.12. The van der Waals surface area contributed by atoms with Crippen molar-refractivity contribution in [2.24, 2.45) is 0 Å². The third kappa shape index (κ3) is 3.24. The van der Waals surface area contributed by atoms with Crippen LogP contribution < -0.4 is 5.32 Å². The molecule has 0 radical (unpaired) electrons. The first kappa shape index (κ1) is 15.9. The molecule has 1 aromatic rings. The van der Waals surface area contributed by atoms with Gasteiger partial charge >= 0.3 is 0 Å². The molecular formula is C11H19ClN2O2S2. The molecule has 1 aromatic heterocycles. The third-order valence-electron chi connectivity index (χ3n) is 2.91. The highest BCUT2D eigenvalue weighted by atomic mass is 35.5. The minimum Gasteiger partial charge on any atom is -0.312 e. The van der Waals surface area contributed by atoms with E-state index in [-0.39, 0.29) is 18.4 Å². The zero-order valence-electron chi connectivity index (χ0n) is 10.5. The molecule has 1 aliphatic heterocycles. The fourth-order valence-corrected chi connectivity index (χ4v) is 4.91. The Morgan fingerprint density at radius 1 is 1.50 bits per heavy atom. The zero-order chi connectivity index (χ0) is 12.5. The van der Waals surface area contributed by atoms with Crippen molar-refractivity contribution in [3.8, 4) is 0 Å². The van der Waals surface area contributed by atoms with Crippen molar-refractivity contribution in [2.75, 3.05) is 19.6 Å². The molecule has 0 unspecified atom stereocenters. The van der Waals surface area contributed by atoms with Crippen LogP contribution in [0, 0.1) is 0 Å². The number of hydrogen-bond donors (Lipinski definition) is 1. The summed E-state index contributed by atoms with van der Waals surface area (Å²) in [5.41, 5.74) is 0. The number of halogens is 1. The van der Waals surface area contributed by atoms with E-state index in [0.717, 1.165) is 17.8 Å². The molecule has 1 saturated heterocycles. The molecule has 1 fully saturated rings. The number of sulfonamides is 1. The Hall–Kier alpha value is -0.140. The van der Waals surface area contributed by atoms with E-state index >= 15 is 0 Å². The SMILES string of the molecule is CCc1ccc(S(=O)(=O)N2CCN[C@@H](C)C2)s1.Cl. The summed E-state index contributed by atoms with van der Waals surface area (Å²) in [5, 5.41) is 3.25. The minimum atomic E-state index is -3.27. The second-order valence-electron chi connectivity index (χ2n) is 4.29. The number of hydrogen-bond acceptors (Lipinski definition) is 4. The summed E-state index contributed by atoms with van der Waals surface area (Å²) in [6.07, 6.45) is 0.887. The van der Waals surface area contributed by atoms with Crippen LogP contribution in [-0.4, -0.2) is 38.4 Å². The van der Waals surface area contributed by atoms with Gasteiger partial charge in [0.05, 0.1) is 0 Å². The lowest BCUT2D eigenvalue weighted by Gasteiger charge is -2.30. The van der Waals surface area contributed by atoms with Gasteiger partial charge in [0.15, 0.2) is 0 Å². The number of nitrogens with one attached hydrogen (secondary N) is 1. The van der Waals surface area contributed by atoms with E-state index in [1.807, 2.05) is 19.9 Å². The molecule has 2 heterocycles. The molecule has 1 N–H and O–H groups in total. The van der Waals surface area contributed by atoms with Crippen LogP contribution in [0.1, 0.15) is 18.7 Å². The summed E-state index contributed by atoms with van der Waals surface area (Å²) >= 11 is 1.38. The maximum Gasteiger partial charge on any atom is 0.252 e. The number of nitrogens with zero attached hydrogens (tertiary/aromatic N) is 1. The van der Waals surface area contributed by atoms with E-state index in [1.165, 1.54) is 11.3 Å². The highest BCUT2D eigenvalue weighted by molar-refractivity contribution is 7.91. The Labute approximate surface area is 119 Å². The van der Waals surface area contributed by atoms with Crippen molar-refractivity contribution < 1.29 is 8.42 Å². The Kier molecular flexibility index (Phi) is 5.61. The Morgan fingerprint density at radius 2 is 2.22 bits per heavy atom. The van der Waals surface area contributed by atoms with Gasteiger partial charge in [0, 0.05) is 30.6 Å². The minimum absolute atomic E-state index is 0. The molecule has 0 bridgehead atoms. The van der Waals surface area contributed by atoms with Crippen LogP contribution in [0.4, 0.5) is 0 Å². The fraction of sp³-hybridized carbons (Fsp3) is 0.636. The molecule has 18 heavy (non-hydrogen) atoms. The van der Waals surface area contributed by atoms with Gasteiger partial charge in [-0.25, -0.2) is 8.42 Å². The van der Waals surface area contributed by atoms with Crippen molar-refractivity contribution in [2.45, 2.75) is 30.5 Å². The first-order chi connectivity index (χ1) is 8.04. The van der Waals surface area contributed by atoms with Crippen molar-refractivity contribution in [1.82, 2.24) is 9.62 Å². The topological polar surface area (TPSA) is 49.4 Å². The van der Waals surface area contributed by atoms with Crippen molar-refractivity contribution in [3.63, 3.8) is 0 Å². The third-order valence-corrected chi connectivity index (χ3v) is 6.47. The molecule has 0 amide bonds. The number of piperazine rings is 1. The van der Waals surface area contributed by atoms with Crippen LogP contribution in [0.3, 0.4) is 0 Å². The molecule has 0 aromatic carbocycles. The molecule has 0 saturated carbocycles. The Bertz CT molecular complexity index is 487. The van der Waals surface area contributed by atoms with Crippen molar-refractivity contribution in [1.29, 1.82) is 0 Å². The number of aryl methyl sites for hydroxylation is 1. The van der Waals surface area contributed by atoms with Gasteiger partial charge in [-0.2, -0.15) is 4.31 Å². The van der Waals surface area contributed by atoms with Crippen LogP contribution in [-0.2, 0) is 16.4 Å². The summed E-state index contributed by atoms with van der Waals surface area (Å²) in [5.74, 6) is 0. The average Bonchev–Trinajstić information content (AvgIpc) is 2.78. The highest BCUT2D eigenvalue weighted by Gasteiger charge is 2.29. The second-order valence-corrected chi connectivity index (χ2v) is 7.63. The van der Waals surface area contributed by atoms with Crippen LogP contribution >= 0.6 is 23.7 Å².